The predicted molar refractivity (Wildman–Crippen MR) is 96.7 cm³/mol. The zero-order valence-electron chi connectivity index (χ0n) is 13.7. The number of anilines is 1. The number of nitrogens with two attached hydrogens (primary N) is 1. The largest absolute Gasteiger partial charge is 0.485 e. The molecule has 1 heterocycles. The highest BCUT2D eigenvalue weighted by atomic mass is 35.5. The molecule has 0 unspecified atom stereocenters. The summed E-state index contributed by atoms with van der Waals surface area (Å²) in [5.74, 6) is -2.36. The van der Waals surface area contributed by atoms with E-state index in [1.165, 1.54) is 24.4 Å². The average molecular weight is 391 g/mol. The van der Waals surface area contributed by atoms with Gasteiger partial charge in [-0.05, 0) is 35.9 Å². The number of pyridine rings is 1. The van der Waals surface area contributed by atoms with Crippen LogP contribution >= 0.6 is 11.6 Å². The van der Waals surface area contributed by atoms with Crippen molar-refractivity contribution in [1.82, 2.24) is 4.98 Å². The van der Waals surface area contributed by atoms with E-state index in [4.69, 9.17) is 27.2 Å². The van der Waals surface area contributed by atoms with E-state index in [2.05, 4.69) is 4.98 Å². The molecule has 27 heavy (non-hydrogen) atoms. The van der Waals surface area contributed by atoms with Crippen molar-refractivity contribution in [1.29, 1.82) is 0 Å². The fourth-order valence-electron chi connectivity index (χ4n) is 2.41. The van der Waals surface area contributed by atoms with Gasteiger partial charge in [0.1, 0.15) is 18.2 Å². The van der Waals surface area contributed by atoms with E-state index >= 15 is 0 Å². The first-order valence-electron chi connectivity index (χ1n) is 7.71. The smallest absolute Gasteiger partial charge is 0.335 e. The number of nitrogens with zero attached hydrogens (tertiary/aromatic N) is 1. The lowest BCUT2D eigenvalue weighted by atomic mass is 10.0. The molecule has 0 aliphatic heterocycles. The van der Waals surface area contributed by atoms with Gasteiger partial charge in [-0.25, -0.2) is 18.6 Å². The van der Waals surface area contributed by atoms with Crippen LogP contribution in [0.25, 0.3) is 11.1 Å². The van der Waals surface area contributed by atoms with Crippen LogP contribution in [-0.2, 0) is 6.61 Å². The highest BCUT2D eigenvalue weighted by molar-refractivity contribution is 6.31. The molecule has 0 atom stereocenters. The second kappa shape index (κ2) is 7.59. The van der Waals surface area contributed by atoms with Gasteiger partial charge < -0.3 is 15.6 Å². The Hall–Kier alpha value is -3.19. The SMILES string of the molecule is Nc1ncc(-c2cccc(C(=O)O)c2)cc1OCc1c(F)ccc(F)c1Cl. The number of halogens is 3. The van der Waals surface area contributed by atoms with Crippen molar-refractivity contribution >= 4 is 23.4 Å². The molecular weight excluding hydrogens is 378 g/mol. The first kappa shape index (κ1) is 18.6. The lowest BCUT2D eigenvalue weighted by molar-refractivity contribution is 0.0697. The van der Waals surface area contributed by atoms with Crippen LogP contribution in [0.1, 0.15) is 15.9 Å². The molecule has 0 amide bonds. The molecule has 2 aromatic carbocycles. The number of nitrogen functional groups attached to an aromatic ring is 1. The maximum absolute atomic E-state index is 13.9. The van der Waals surface area contributed by atoms with Gasteiger partial charge in [-0.2, -0.15) is 0 Å². The summed E-state index contributed by atoms with van der Waals surface area (Å²) in [6.45, 7) is -0.354. The van der Waals surface area contributed by atoms with Crippen molar-refractivity contribution in [3.8, 4) is 16.9 Å². The third kappa shape index (κ3) is 3.98. The number of aromatic carboxylic acids is 1. The fourth-order valence-corrected chi connectivity index (χ4v) is 2.62. The molecule has 3 rings (SSSR count). The first-order chi connectivity index (χ1) is 12.9. The fraction of sp³-hybridized carbons (Fsp3) is 0.0526. The molecule has 138 valence electrons. The molecule has 1 aromatic heterocycles. The highest BCUT2D eigenvalue weighted by Crippen LogP contribution is 2.30. The van der Waals surface area contributed by atoms with E-state index in [-0.39, 0.29) is 34.3 Å². The summed E-state index contributed by atoms with van der Waals surface area (Å²) in [5, 5.41) is 8.73. The lowest BCUT2D eigenvalue weighted by Crippen LogP contribution is -2.04. The van der Waals surface area contributed by atoms with E-state index < -0.39 is 17.6 Å². The standard InChI is InChI=1S/C19H13ClF2N2O3/c20-17-13(14(21)4-5-15(17)22)9-27-16-7-12(8-24-18(16)23)10-2-1-3-11(6-10)19(25)26/h1-8H,9H2,(H2,23,24)(H,25,26). The molecule has 0 bridgehead atoms. The molecule has 0 fully saturated rings. The van der Waals surface area contributed by atoms with Crippen molar-refractivity contribution in [2.24, 2.45) is 0 Å². The van der Waals surface area contributed by atoms with Gasteiger partial charge in [-0.15, -0.1) is 0 Å². The Morgan fingerprint density at radius 3 is 2.63 bits per heavy atom. The lowest BCUT2D eigenvalue weighted by Gasteiger charge is -2.12. The minimum Gasteiger partial charge on any atom is -0.485 e. The van der Waals surface area contributed by atoms with Gasteiger partial charge in [0.2, 0.25) is 0 Å². The zero-order chi connectivity index (χ0) is 19.6. The van der Waals surface area contributed by atoms with Crippen molar-refractivity contribution < 1.29 is 23.4 Å². The van der Waals surface area contributed by atoms with Gasteiger partial charge in [0.25, 0.3) is 0 Å². The number of hydrogen-bond acceptors (Lipinski definition) is 4. The topological polar surface area (TPSA) is 85.4 Å². The maximum atomic E-state index is 13.9. The number of aromatic nitrogens is 1. The molecule has 0 aliphatic carbocycles. The molecule has 8 heteroatoms. The van der Waals surface area contributed by atoms with Crippen LogP contribution in [0, 0.1) is 11.6 Å². The predicted octanol–water partition coefficient (Wildman–Crippen LogP) is 4.54. The summed E-state index contributed by atoms with van der Waals surface area (Å²) in [6, 6.07) is 9.64. The van der Waals surface area contributed by atoms with Crippen LogP contribution in [-0.4, -0.2) is 16.1 Å². The molecule has 0 radical (unpaired) electrons. The van der Waals surface area contributed by atoms with Crippen LogP contribution in [0.3, 0.4) is 0 Å². The van der Waals surface area contributed by atoms with Crippen LogP contribution < -0.4 is 10.5 Å². The van der Waals surface area contributed by atoms with Gasteiger partial charge in [0.15, 0.2) is 11.6 Å². The Kier molecular flexibility index (Phi) is 5.23. The van der Waals surface area contributed by atoms with Crippen molar-refractivity contribution in [2.45, 2.75) is 6.61 Å². The van der Waals surface area contributed by atoms with E-state index in [9.17, 15) is 13.6 Å². The van der Waals surface area contributed by atoms with Gasteiger partial charge in [-0.1, -0.05) is 23.7 Å². The molecule has 0 saturated heterocycles. The molecule has 3 N–H and O–H groups in total. The first-order valence-corrected chi connectivity index (χ1v) is 8.09. The normalized spacial score (nSPS) is 10.6. The number of benzene rings is 2. The van der Waals surface area contributed by atoms with Gasteiger partial charge in [-0.3, -0.25) is 0 Å². The Bertz CT molecular complexity index is 1030. The summed E-state index contributed by atoms with van der Waals surface area (Å²) in [5.41, 5.74) is 6.89. The monoisotopic (exact) mass is 390 g/mol. The number of carboxylic acid groups (broad SMARTS) is 1. The Morgan fingerprint density at radius 1 is 1.15 bits per heavy atom. The van der Waals surface area contributed by atoms with E-state index in [1.807, 2.05) is 0 Å². The van der Waals surface area contributed by atoms with Crippen LogP contribution in [0.4, 0.5) is 14.6 Å². The highest BCUT2D eigenvalue weighted by Gasteiger charge is 2.14. The summed E-state index contributed by atoms with van der Waals surface area (Å²) in [4.78, 5) is 15.1. The Labute approximate surface area is 158 Å². The Morgan fingerprint density at radius 2 is 1.89 bits per heavy atom. The summed E-state index contributed by atoms with van der Waals surface area (Å²) in [7, 11) is 0. The summed E-state index contributed by atoms with van der Waals surface area (Å²) in [6.07, 6.45) is 1.46. The van der Waals surface area contributed by atoms with Gasteiger partial charge in [0, 0.05) is 17.3 Å². The molecule has 0 saturated carbocycles. The Balaban J connectivity index is 1.90. The van der Waals surface area contributed by atoms with Crippen molar-refractivity contribution in [3.05, 3.63) is 76.4 Å². The second-order valence-corrected chi connectivity index (χ2v) is 5.98. The third-order valence-electron chi connectivity index (χ3n) is 3.84. The second-order valence-electron chi connectivity index (χ2n) is 5.60. The number of carbonyl (C=O) groups is 1. The number of hydrogen-bond donors (Lipinski definition) is 2. The zero-order valence-corrected chi connectivity index (χ0v) is 14.5. The molecule has 0 spiro atoms. The van der Waals surface area contributed by atoms with Gasteiger partial charge in [0.05, 0.1) is 10.6 Å². The van der Waals surface area contributed by atoms with Crippen LogP contribution in [0.5, 0.6) is 5.75 Å². The van der Waals surface area contributed by atoms with Gasteiger partial charge >= 0.3 is 5.97 Å². The number of carboxylic acids is 1. The van der Waals surface area contributed by atoms with Crippen molar-refractivity contribution in [2.75, 3.05) is 5.73 Å². The minimum absolute atomic E-state index is 0.0427. The third-order valence-corrected chi connectivity index (χ3v) is 4.24. The summed E-state index contributed by atoms with van der Waals surface area (Å²) < 4.78 is 32.9. The van der Waals surface area contributed by atoms with E-state index in [1.54, 1.807) is 12.1 Å². The average Bonchev–Trinajstić information content (AvgIpc) is 2.66. The number of ether oxygens (including phenoxy) is 1. The summed E-state index contributed by atoms with van der Waals surface area (Å²) >= 11 is 5.78. The van der Waals surface area contributed by atoms with Crippen LogP contribution in [0.2, 0.25) is 5.02 Å². The van der Waals surface area contributed by atoms with E-state index in [0.29, 0.717) is 11.1 Å². The van der Waals surface area contributed by atoms with Crippen LogP contribution in [0.15, 0.2) is 48.7 Å². The van der Waals surface area contributed by atoms with E-state index in [0.717, 1.165) is 12.1 Å². The molecule has 3 aromatic rings. The number of rotatable bonds is 5. The maximum Gasteiger partial charge on any atom is 0.335 e. The minimum atomic E-state index is -1.06. The molecule has 5 nitrogen and oxygen atoms in total. The van der Waals surface area contributed by atoms with Crippen molar-refractivity contribution in [3.63, 3.8) is 0 Å². The molecule has 0 aliphatic rings. The quantitative estimate of drug-likeness (QED) is 0.625. The molecular formula is C19H13ClF2N2O3.